The molecule has 1 amide bonds. The monoisotopic (exact) mass is 385 g/mol. The summed E-state index contributed by atoms with van der Waals surface area (Å²) in [5.74, 6) is 1.65. The smallest absolute Gasteiger partial charge is 0.238 e. The number of anilines is 1. The first-order valence-electron chi connectivity index (χ1n) is 7.71. The van der Waals surface area contributed by atoms with E-state index in [1.165, 1.54) is 30.8 Å². The van der Waals surface area contributed by atoms with Gasteiger partial charge < -0.3 is 9.88 Å². The van der Waals surface area contributed by atoms with Crippen LogP contribution >= 0.6 is 35.0 Å². The Kier molecular flexibility index (Phi) is 5.32. The Labute approximate surface area is 154 Å². The maximum Gasteiger partial charge on any atom is 0.238 e. The van der Waals surface area contributed by atoms with Gasteiger partial charge >= 0.3 is 0 Å². The van der Waals surface area contributed by atoms with Crippen LogP contribution in [0.3, 0.4) is 0 Å². The van der Waals surface area contributed by atoms with Crippen molar-refractivity contribution in [2.75, 3.05) is 5.32 Å². The molecule has 9 heteroatoms. The number of carbonyl (C=O) groups excluding carboxylic acids is 1. The van der Waals surface area contributed by atoms with Gasteiger partial charge in [-0.25, -0.2) is 4.98 Å². The van der Waals surface area contributed by atoms with Gasteiger partial charge in [0.2, 0.25) is 5.91 Å². The third-order valence-electron chi connectivity index (χ3n) is 3.71. The molecule has 2 aromatic heterocycles. The molecule has 0 radical (unpaired) electrons. The molecule has 0 aromatic carbocycles. The van der Waals surface area contributed by atoms with E-state index >= 15 is 0 Å². The first kappa shape index (κ1) is 17.5. The zero-order valence-electron chi connectivity index (χ0n) is 13.3. The van der Waals surface area contributed by atoms with Crippen molar-refractivity contribution in [3.05, 3.63) is 28.1 Å². The molecule has 1 aliphatic rings. The third-order valence-corrected chi connectivity index (χ3v) is 5.28. The summed E-state index contributed by atoms with van der Waals surface area (Å²) >= 11 is 13.2. The largest absolute Gasteiger partial charge is 0.308 e. The quantitative estimate of drug-likeness (QED) is 0.760. The minimum Gasteiger partial charge on any atom is -0.308 e. The second kappa shape index (κ2) is 7.29. The van der Waals surface area contributed by atoms with Crippen LogP contribution in [-0.2, 0) is 11.3 Å². The van der Waals surface area contributed by atoms with Crippen LogP contribution in [0.4, 0.5) is 5.82 Å². The first-order valence-corrected chi connectivity index (χ1v) is 9.34. The minimum absolute atomic E-state index is 0.199. The zero-order valence-corrected chi connectivity index (χ0v) is 15.6. The van der Waals surface area contributed by atoms with E-state index < -0.39 is 0 Å². The standard InChI is InChI=1S/C15H17Cl2N5OS/c1-3-22-13(9-4-5-9)20-21-15(22)24-8(2)14(23)19-12-11(17)6-10(16)7-18-12/h6-9H,3-5H2,1-2H3,(H,18,19,23). The van der Waals surface area contributed by atoms with Crippen LogP contribution < -0.4 is 5.32 Å². The minimum atomic E-state index is -0.361. The highest BCUT2D eigenvalue weighted by atomic mass is 35.5. The number of hydrogen-bond donors (Lipinski definition) is 1. The number of rotatable bonds is 6. The summed E-state index contributed by atoms with van der Waals surface area (Å²) in [6.07, 6.45) is 3.77. The number of nitrogens with zero attached hydrogens (tertiary/aromatic N) is 4. The van der Waals surface area contributed by atoms with Crippen molar-refractivity contribution in [2.45, 2.75) is 49.6 Å². The maximum atomic E-state index is 12.4. The molecule has 24 heavy (non-hydrogen) atoms. The molecular formula is C15H17Cl2N5OS. The summed E-state index contributed by atoms with van der Waals surface area (Å²) in [7, 11) is 0. The zero-order chi connectivity index (χ0) is 17.3. The molecule has 1 atom stereocenters. The van der Waals surface area contributed by atoms with Gasteiger partial charge in [0.15, 0.2) is 11.0 Å². The van der Waals surface area contributed by atoms with Crippen LogP contribution in [0.1, 0.15) is 38.4 Å². The Morgan fingerprint density at radius 2 is 2.21 bits per heavy atom. The van der Waals surface area contributed by atoms with Gasteiger partial charge in [0.1, 0.15) is 5.82 Å². The van der Waals surface area contributed by atoms with Crippen LogP contribution in [-0.4, -0.2) is 30.9 Å². The molecule has 0 bridgehead atoms. The van der Waals surface area contributed by atoms with Gasteiger partial charge in [-0.1, -0.05) is 35.0 Å². The number of nitrogens with one attached hydrogen (secondary N) is 1. The average molecular weight is 386 g/mol. The molecule has 1 N–H and O–H groups in total. The number of carbonyl (C=O) groups is 1. The average Bonchev–Trinajstić information content (AvgIpc) is 3.31. The van der Waals surface area contributed by atoms with E-state index in [0.29, 0.717) is 21.8 Å². The van der Waals surface area contributed by atoms with E-state index in [0.717, 1.165) is 17.5 Å². The lowest BCUT2D eigenvalue weighted by atomic mass is 10.4. The maximum absolute atomic E-state index is 12.4. The highest BCUT2D eigenvalue weighted by Crippen LogP contribution is 2.40. The molecule has 0 saturated heterocycles. The van der Waals surface area contributed by atoms with E-state index in [-0.39, 0.29) is 11.2 Å². The lowest BCUT2D eigenvalue weighted by Crippen LogP contribution is -2.23. The molecule has 1 aliphatic carbocycles. The van der Waals surface area contributed by atoms with Gasteiger partial charge in [0.25, 0.3) is 0 Å². The summed E-state index contributed by atoms with van der Waals surface area (Å²) in [5, 5.41) is 12.4. The highest BCUT2D eigenvalue weighted by molar-refractivity contribution is 8.00. The van der Waals surface area contributed by atoms with Gasteiger partial charge in [-0.2, -0.15) is 0 Å². The Morgan fingerprint density at radius 3 is 2.83 bits per heavy atom. The van der Waals surface area contributed by atoms with Crippen molar-refractivity contribution in [3.8, 4) is 0 Å². The first-order chi connectivity index (χ1) is 11.5. The lowest BCUT2D eigenvalue weighted by Gasteiger charge is -2.13. The fourth-order valence-corrected chi connectivity index (χ4v) is 3.61. The number of halogens is 2. The van der Waals surface area contributed by atoms with E-state index in [1.54, 1.807) is 6.07 Å². The summed E-state index contributed by atoms with van der Waals surface area (Å²) in [6.45, 7) is 4.66. The predicted molar refractivity (Wildman–Crippen MR) is 95.9 cm³/mol. The molecule has 2 aromatic rings. The molecule has 2 heterocycles. The number of hydrogen-bond acceptors (Lipinski definition) is 5. The Balaban J connectivity index is 1.68. The van der Waals surface area contributed by atoms with E-state index in [2.05, 4.69) is 32.0 Å². The van der Waals surface area contributed by atoms with Crippen LogP contribution in [0.15, 0.2) is 17.4 Å². The molecule has 6 nitrogen and oxygen atoms in total. The molecule has 1 saturated carbocycles. The fraction of sp³-hybridized carbons (Fsp3) is 0.467. The Bertz CT molecular complexity index is 762. The molecule has 128 valence electrons. The Morgan fingerprint density at radius 1 is 1.46 bits per heavy atom. The van der Waals surface area contributed by atoms with Crippen LogP contribution in [0.5, 0.6) is 0 Å². The molecule has 0 aliphatic heterocycles. The second-order valence-corrected chi connectivity index (χ2v) is 7.74. The number of amides is 1. The number of aromatic nitrogens is 4. The molecule has 1 unspecified atom stereocenters. The SMILES string of the molecule is CCn1c(SC(C)C(=O)Nc2ncc(Cl)cc2Cl)nnc1C1CC1. The number of pyridine rings is 1. The van der Waals surface area contributed by atoms with Gasteiger partial charge in [-0.3, -0.25) is 4.79 Å². The Hall–Kier alpha value is -1.31. The molecular weight excluding hydrogens is 369 g/mol. The second-order valence-electron chi connectivity index (χ2n) is 5.59. The summed E-state index contributed by atoms with van der Waals surface area (Å²) in [4.78, 5) is 16.4. The van der Waals surface area contributed by atoms with Crippen molar-refractivity contribution < 1.29 is 4.79 Å². The van der Waals surface area contributed by atoms with Gasteiger partial charge in [0, 0.05) is 18.7 Å². The summed E-state index contributed by atoms with van der Waals surface area (Å²) in [6, 6.07) is 1.54. The molecule has 0 spiro atoms. The van der Waals surface area contributed by atoms with Crippen molar-refractivity contribution in [3.63, 3.8) is 0 Å². The van der Waals surface area contributed by atoms with Crippen molar-refractivity contribution in [2.24, 2.45) is 0 Å². The van der Waals surface area contributed by atoms with E-state index in [4.69, 9.17) is 23.2 Å². The predicted octanol–water partition coefficient (Wildman–Crippen LogP) is 4.00. The van der Waals surface area contributed by atoms with Crippen molar-refractivity contribution in [1.82, 2.24) is 19.7 Å². The highest BCUT2D eigenvalue weighted by Gasteiger charge is 2.30. The van der Waals surface area contributed by atoms with E-state index in [9.17, 15) is 4.79 Å². The van der Waals surface area contributed by atoms with Crippen LogP contribution in [0, 0.1) is 0 Å². The van der Waals surface area contributed by atoms with Gasteiger partial charge in [-0.15, -0.1) is 10.2 Å². The molecule has 3 rings (SSSR count). The van der Waals surface area contributed by atoms with Crippen LogP contribution in [0.2, 0.25) is 10.0 Å². The third kappa shape index (κ3) is 3.84. The normalized spacial score (nSPS) is 15.3. The van der Waals surface area contributed by atoms with Crippen molar-refractivity contribution in [1.29, 1.82) is 0 Å². The summed E-state index contributed by atoms with van der Waals surface area (Å²) in [5.41, 5.74) is 0. The summed E-state index contributed by atoms with van der Waals surface area (Å²) < 4.78 is 2.08. The number of thioether (sulfide) groups is 1. The van der Waals surface area contributed by atoms with Crippen molar-refractivity contribution >= 4 is 46.7 Å². The fourth-order valence-electron chi connectivity index (χ4n) is 2.26. The molecule has 1 fully saturated rings. The van der Waals surface area contributed by atoms with Crippen LogP contribution in [0.25, 0.3) is 0 Å². The van der Waals surface area contributed by atoms with Gasteiger partial charge in [-0.05, 0) is 32.8 Å². The lowest BCUT2D eigenvalue weighted by molar-refractivity contribution is -0.115. The van der Waals surface area contributed by atoms with Gasteiger partial charge in [0.05, 0.1) is 15.3 Å². The topological polar surface area (TPSA) is 72.7 Å². The van der Waals surface area contributed by atoms with E-state index in [1.807, 2.05) is 6.92 Å².